The SMILES string of the molecule is CN1C(c2ccccc2)=NC(c2cccc(C3CCCCC3)c2)=NC1c1cccc(B(O)O)c1. The molecule has 5 nitrogen and oxygen atoms in total. The average molecular weight is 451 g/mol. The van der Waals surface area contributed by atoms with Crippen LogP contribution in [-0.4, -0.2) is 40.8 Å². The Morgan fingerprint density at radius 3 is 2.26 bits per heavy atom. The predicted octanol–water partition coefficient (Wildman–Crippen LogP) is 4.25. The van der Waals surface area contributed by atoms with Gasteiger partial charge in [0.1, 0.15) is 12.0 Å². The summed E-state index contributed by atoms with van der Waals surface area (Å²) >= 11 is 0. The number of amidine groups is 2. The highest BCUT2D eigenvalue weighted by Gasteiger charge is 2.28. The van der Waals surface area contributed by atoms with Gasteiger partial charge in [-0.3, -0.25) is 0 Å². The van der Waals surface area contributed by atoms with E-state index in [1.54, 1.807) is 12.1 Å². The van der Waals surface area contributed by atoms with E-state index in [1.807, 2.05) is 42.3 Å². The Hall–Kier alpha value is -3.22. The molecule has 1 aliphatic heterocycles. The first-order valence-electron chi connectivity index (χ1n) is 12.1. The zero-order valence-electron chi connectivity index (χ0n) is 19.5. The normalized spacial score (nSPS) is 18.9. The number of rotatable bonds is 5. The van der Waals surface area contributed by atoms with Gasteiger partial charge in [0.2, 0.25) is 0 Å². The van der Waals surface area contributed by atoms with E-state index in [4.69, 9.17) is 9.98 Å². The number of nitrogens with zero attached hydrogens (tertiary/aromatic N) is 3. The molecule has 3 aromatic carbocycles. The molecule has 1 heterocycles. The van der Waals surface area contributed by atoms with Crippen LogP contribution in [0.5, 0.6) is 0 Å². The van der Waals surface area contributed by atoms with Crippen LogP contribution in [0, 0.1) is 0 Å². The van der Waals surface area contributed by atoms with E-state index in [1.165, 1.54) is 37.7 Å². The van der Waals surface area contributed by atoms with Crippen molar-refractivity contribution in [2.24, 2.45) is 9.98 Å². The molecular formula is C28H30BN3O2. The maximum atomic E-state index is 9.71. The van der Waals surface area contributed by atoms with Crippen molar-refractivity contribution in [2.75, 3.05) is 7.05 Å². The first kappa shape index (κ1) is 22.6. The van der Waals surface area contributed by atoms with E-state index >= 15 is 0 Å². The molecule has 0 amide bonds. The fraction of sp³-hybridized carbons (Fsp3) is 0.286. The van der Waals surface area contributed by atoms with Gasteiger partial charge in [0.05, 0.1) is 0 Å². The molecule has 0 radical (unpaired) electrons. The quantitative estimate of drug-likeness (QED) is 0.570. The maximum Gasteiger partial charge on any atom is 0.488 e. The Balaban J connectivity index is 1.58. The third-order valence-electron chi connectivity index (χ3n) is 6.92. The summed E-state index contributed by atoms with van der Waals surface area (Å²) in [6.07, 6.45) is 6.09. The monoisotopic (exact) mass is 451 g/mol. The molecule has 1 saturated carbocycles. The molecule has 34 heavy (non-hydrogen) atoms. The Morgan fingerprint density at radius 2 is 1.50 bits per heavy atom. The van der Waals surface area contributed by atoms with Crippen LogP contribution in [0.25, 0.3) is 0 Å². The molecule has 1 fully saturated rings. The van der Waals surface area contributed by atoms with Gasteiger partial charge in [-0.05, 0) is 41.4 Å². The van der Waals surface area contributed by atoms with Crippen molar-refractivity contribution in [3.8, 4) is 0 Å². The van der Waals surface area contributed by atoms with Gasteiger partial charge in [-0.2, -0.15) is 0 Å². The standard InChI is InChI=1S/C28H30BN3O2/c1-32-27(21-12-6-3-7-13-21)30-26(31-28(32)24-16-9-17-25(19-24)29(33)34)23-15-8-14-22(18-23)20-10-4-2-5-11-20/h3,6-9,12-20,28,33-34H,2,4-5,10-11H2,1H3. The van der Waals surface area contributed by atoms with Gasteiger partial charge in [-0.15, -0.1) is 0 Å². The minimum atomic E-state index is -1.52. The van der Waals surface area contributed by atoms with Gasteiger partial charge in [0, 0.05) is 18.2 Å². The lowest BCUT2D eigenvalue weighted by Gasteiger charge is -2.32. The number of aliphatic imine (C=N–C) groups is 2. The Labute approximate surface area is 201 Å². The van der Waals surface area contributed by atoms with Gasteiger partial charge < -0.3 is 14.9 Å². The first-order chi connectivity index (χ1) is 16.6. The third-order valence-corrected chi connectivity index (χ3v) is 6.92. The van der Waals surface area contributed by atoms with Gasteiger partial charge in [0.15, 0.2) is 5.84 Å². The van der Waals surface area contributed by atoms with Crippen molar-refractivity contribution in [3.05, 3.63) is 101 Å². The molecule has 0 aromatic heterocycles. The van der Waals surface area contributed by atoms with Crippen LogP contribution < -0.4 is 5.46 Å². The summed E-state index contributed by atoms with van der Waals surface area (Å²) in [5, 5.41) is 19.4. The summed E-state index contributed by atoms with van der Waals surface area (Å²) in [5.74, 6) is 2.15. The fourth-order valence-electron chi connectivity index (χ4n) is 5.07. The summed E-state index contributed by atoms with van der Waals surface area (Å²) in [4.78, 5) is 12.1. The molecule has 0 bridgehead atoms. The number of benzene rings is 3. The van der Waals surface area contributed by atoms with Gasteiger partial charge >= 0.3 is 7.12 Å². The van der Waals surface area contributed by atoms with Crippen molar-refractivity contribution in [1.29, 1.82) is 0 Å². The smallest absolute Gasteiger partial charge is 0.423 e. The molecule has 1 atom stereocenters. The van der Waals surface area contributed by atoms with Crippen molar-refractivity contribution in [2.45, 2.75) is 44.2 Å². The summed E-state index contributed by atoms with van der Waals surface area (Å²) in [5.41, 5.74) is 4.75. The third kappa shape index (κ3) is 4.70. The number of hydrogen-bond acceptors (Lipinski definition) is 5. The molecule has 1 aliphatic carbocycles. The average Bonchev–Trinajstić information content (AvgIpc) is 2.90. The van der Waals surface area contributed by atoms with Crippen LogP contribution in [0.2, 0.25) is 0 Å². The van der Waals surface area contributed by atoms with Crippen molar-refractivity contribution < 1.29 is 10.0 Å². The van der Waals surface area contributed by atoms with Crippen molar-refractivity contribution in [3.63, 3.8) is 0 Å². The number of hydrogen-bond donors (Lipinski definition) is 2. The first-order valence-corrected chi connectivity index (χ1v) is 12.1. The lowest BCUT2D eigenvalue weighted by molar-refractivity contribution is 0.382. The fourth-order valence-corrected chi connectivity index (χ4v) is 5.07. The van der Waals surface area contributed by atoms with Crippen LogP contribution in [0.3, 0.4) is 0 Å². The van der Waals surface area contributed by atoms with Crippen LogP contribution in [0.15, 0.2) is 88.8 Å². The topological polar surface area (TPSA) is 68.4 Å². The Morgan fingerprint density at radius 1 is 0.794 bits per heavy atom. The minimum absolute atomic E-state index is 0.334. The van der Waals surface area contributed by atoms with E-state index < -0.39 is 7.12 Å². The lowest BCUT2D eigenvalue weighted by atomic mass is 9.79. The highest BCUT2D eigenvalue weighted by molar-refractivity contribution is 6.58. The summed E-state index contributed by atoms with van der Waals surface area (Å²) in [6, 6.07) is 26.2. The minimum Gasteiger partial charge on any atom is -0.423 e. The Bertz CT molecular complexity index is 1200. The second kappa shape index (κ2) is 9.96. The van der Waals surface area contributed by atoms with Crippen molar-refractivity contribution >= 4 is 24.3 Å². The Kier molecular flexibility index (Phi) is 6.61. The van der Waals surface area contributed by atoms with Crippen molar-refractivity contribution in [1.82, 2.24) is 4.90 Å². The molecule has 0 saturated heterocycles. The zero-order valence-corrected chi connectivity index (χ0v) is 19.5. The molecule has 3 aromatic rings. The molecule has 2 aliphatic rings. The summed E-state index contributed by atoms with van der Waals surface area (Å²) in [7, 11) is 0.462. The lowest BCUT2D eigenvalue weighted by Crippen LogP contribution is -2.37. The highest BCUT2D eigenvalue weighted by atomic mass is 16.4. The second-order valence-corrected chi connectivity index (χ2v) is 9.24. The molecule has 1 unspecified atom stereocenters. The molecule has 2 N–H and O–H groups in total. The highest BCUT2D eigenvalue weighted by Crippen LogP contribution is 2.34. The summed E-state index contributed by atoms with van der Waals surface area (Å²) < 4.78 is 0. The van der Waals surface area contributed by atoms with E-state index in [0.717, 1.165) is 22.5 Å². The van der Waals surface area contributed by atoms with Crippen LogP contribution in [-0.2, 0) is 0 Å². The van der Waals surface area contributed by atoms with E-state index in [2.05, 4.69) is 36.4 Å². The second-order valence-electron chi connectivity index (χ2n) is 9.24. The van der Waals surface area contributed by atoms with Crippen LogP contribution in [0.1, 0.15) is 66.4 Å². The van der Waals surface area contributed by atoms with Gasteiger partial charge in [-0.25, -0.2) is 9.98 Å². The van der Waals surface area contributed by atoms with E-state index in [-0.39, 0.29) is 6.17 Å². The molecule has 5 rings (SSSR count). The predicted molar refractivity (Wildman–Crippen MR) is 139 cm³/mol. The van der Waals surface area contributed by atoms with Crippen LogP contribution in [0.4, 0.5) is 0 Å². The van der Waals surface area contributed by atoms with Gasteiger partial charge in [0.25, 0.3) is 0 Å². The zero-order chi connectivity index (χ0) is 23.5. The summed E-state index contributed by atoms with van der Waals surface area (Å²) in [6.45, 7) is 0. The van der Waals surface area contributed by atoms with E-state index in [0.29, 0.717) is 17.2 Å². The largest absolute Gasteiger partial charge is 0.488 e. The van der Waals surface area contributed by atoms with Crippen LogP contribution >= 0.6 is 0 Å². The van der Waals surface area contributed by atoms with Gasteiger partial charge in [-0.1, -0.05) is 92.1 Å². The molecule has 172 valence electrons. The molecule has 0 spiro atoms. The van der Waals surface area contributed by atoms with E-state index in [9.17, 15) is 10.0 Å². The molecular weight excluding hydrogens is 421 g/mol. The maximum absolute atomic E-state index is 9.71. The molecule has 6 heteroatoms.